The van der Waals surface area contributed by atoms with Crippen molar-refractivity contribution in [1.29, 1.82) is 0 Å². The summed E-state index contributed by atoms with van der Waals surface area (Å²) < 4.78 is 0. The Bertz CT molecular complexity index is 45.5. The van der Waals surface area contributed by atoms with Crippen molar-refractivity contribution in [3.05, 3.63) is 0 Å². The number of thiocarbonyl (C=S) groups is 1. The van der Waals surface area contributed by atoms with Crippen LogP contribution in [0.4, 0.5) is 0 Å². The van der Waals surface area contributed by atoms with Crippen LogP contribution < -0.4 is 5.32 Å². The second-order valence-electron chi connectivity index (χ2n) is 1.03. The van der Waals surface area contributed by atoms with Crippen molar-refractivity contribution in [3.63, 3.8) is 0 Å². The number of nitrogens with one attached hydrogen (secondary N) is 1. The lowest BCUT2D eigenvalue weighted by Crippen LogP contribution is -2.12. The number of hydrogen-bond donors (Lipinski definition) is 1. The molecular formula is C4H9NS. The van der Waals surface area contributed by atoms with Crippen molar-refractivity contribution in [1.82, 2.24) is 5.32 Å². The van der Waals surface area contributed by atoms with Gasteiger partial charge in [-0.2, -0.15) is 0 Å². The fourth-order valence-corrected chi connectivity index (χ4v) is 0.177. The molecule has 0 aliphatic heterocycles. The van der Waals surface area contributed by atoms with E-state index in [9.17, 15) is 0 Å². The number of hydrogen-bond acceptors (Lipinski definition) is 1. The molecule has 1 N–H and O–H groups in total. The summed E-state index contributed by atoms with van der Waals surface area (Å²) in [6.45, 7) is 2.03. The average molecular weight is 103 g/mol. The Morgan fingerprint density at radius 3 is 2.33 bits per heavy atom. The normalized spacial score (nSPS) is 7.67. The van der Waals surface area contributed by atoms with Gasteiger partial charge >= 0.3 is 0 Å². The molecule has 0 spiro atoms. The zero-order valence-electron chi connectivity index (χ0n) is 4.12. The van der Waals surface area contributed by atoms with Gasteiger partial charge < -0.3 is 5.32 Å². The fraction of sp³-hybridized carbons (Fsp3) is 0.750. The molecule has 36 valence electrons. The van der Waals surface area contributed by atoms with Crippen molar-refractivity contribution < 1.29 is 0 Å². The first-order valence-electron chi connectivity index (χ1n) is 2.01. The highest BCUT2D eigenvalue weighted by atomic mass is 32.1. The van der Waals surface area contributed by atoms with E-state index >= 15 is 0 Å². The van der Waals surface area contributed by atoms with E-state index in [0.717, 1.165) is 11.4 Å². The minimum absolute atomic E-state index is 0.926. The Morgan fingerprint density at radius 1 is 1.83 bits per heavy atom. The zero-order valence-corrected chi connectivity index (χ0v) is 4.93. The topological polar surface area (TPSA) is 12.0 Å². The van der Waals surface area contributed by atoms with E-state index in [-0.39, 0.29) is 0 Å². The second-order valence-corrected chi connectivity index (χ2v) is 1.52. The van der Waals surface area contributed by atoms with E-state index in [4.69, 9.17) is 12.2 Å². The summed E-state index contributed by atoms with van der Waals surface area (Å²) in [6.07, 6.45) is 0.950. The minimum Gasteiger partial charge on any atom is -0.383 e. The molecule has 1 nitrogen and oxygen atoms in total. The van der Waals surface area contributed by atoms with Gasteiger partial charge in [0.15, 0.2) is 0 Å². The summed E-state index contributed by atoms with van der Waals surface area (Å²) in [5.74, 6) is 0. The summed E-state index contributed by atoms with van der Waals surface area (Å²) >= 11 is 4.75. The van der Waals surface area contributed by atoms with Crippen LogP contribution in [0.1, 0.15) is 13.3 Å². The standard InChI is InChI=1S/C4H9NS/c1-3-4(6)5-2/h3H2,1-2H3,(H,5,6). The highest BCUT2D eigenvalue weighted by Crippen LogP contribution is 1.74. The van der Waals surface area contributed by atoms with E-state index in [2.05, 4.69) is 5.32 Å². The molecule has 0 aliphatic rings. The van der Waals surface area contributed by atoms with Gasteiger partial charge in [-0.15, -0.1) is 0 Å². The molecule has 0 fully saturated rings. The Balaban J connectivity index is 2.99. The lowest BCUT2D eigenvalue weighted by Gasteiger charge is -1.91. The predicted octanol–water partition coefficient (Wildman–Crippen LogP) is 0.943. The van der Waals surface area contributed by atoms with Gasteiger partial charge in [-0.05, 0) is 6.42 Å². The first-order chi connectivity index (χ1) is 2.81. The third-order valence-corrected chi connectivity index (χ3v) is 1.09. The molecule has 2 heteroatoms. The summed E-state index contributed by atoms with van der Waals surface area (Å²) in [4.78, 5) is 0.926. The van der Waals surface area contributed by atoms with Crippen LogP contribution in [-0.4, -0.2) is 12.0 Å². The van der Waals surface area contributed by atoms with Crippen LogP contribution in [-0.2, 0) is 0 Å². The Hall–Kier alpha value is -0.110. The largest absolute Gasteiger partial charge is 0.383 e. The van der Waals surface area contributed by atoms with Crippen molar-refractivity contribution in [2.75, 3.05) is 7.05 Å². The average Bonchev–Trinajstić information content (AvgIpc) is 1.65. The number of rotatable bonds is 1. The third-order valence-electron chi connectivity index (χ3n) is 0.600. The molecule has 0 saturated carbocycles. The molecule has 0 heterocycles. The monoisotopic (exact) mass is 103 g/mol. The smallest absolute Gasteiger partial charge is 0.0747 e. The van der Waals surface area contributed by atoms with Gasteiger partial charge in [0, 0.05) is 7.05 Å². The summed E-state index contributed by atoms with van der Waals surface area (Å²) in [7, 11) is 1.84. The molecule has 0 aromatic rings. The van der Waals surface area contributed by atoms with Crippen LogP contribution in [0.5, 0.6) is 0 Å². The summed E-state index contributed by atoms with van der Waals surface area (Å²) in [5.41, 5.74) is 0. The Morgan fingerprint density at radius 2 is 2.33 bits per heavy atom. The second kappa shape index (κ2) is 3.09. The quantitative estimate of drug-likeness (QED) is 0.496. The Labute approximate surface area is 43.7 Å². The fourth-order valence-electron chi connectivity index (χ4n) is 0.177. The maximum absolute atomic E-state index is 4.75. The SMILES string of the molecule is CCC(=S)NC. The van der Waals surface area contributed by atoms with E-state index in [1.165, 1.54) is 0 Å². The van der Waals surface area contributed by atoms with Crippen LogP contribution in [0.15, 0.2) is 0 Å². The third kappa shape index (κ3) is 2.15. The molecule has 0 aromatic carbocycles. The molecule has 0 bridgehead atoms. The predicted molar refractivity (Wildman–Crippen MR) is 31.9 cm³/mol. The molecule has 0 aromatic heterocycles. The van der Waals surface area contributed by atoms with Crippen molar-refractivity contribution in [3.8, 4) is 0 Å². The van der Waals surface area contributed by atoms with Crippen molar-refractivity contribution >= 4 is 17.2 Å². The van der Waals surface area contributed by atoms with E-state index < -0.39 is 0 Å². The van der Waals surface area contributed by atoms with Crippen molar-refractivity contribution in [2.45, 2.75) is 13.3 Å². The maximum Gasteiger partial charge on any atom is 0.0747 e. The molecule has 0 amide bonds. The van der Waals surface area contributed by atoms with Crippen LogP contribution in [0, 0.1) is 0 Å². The summed E-state index contributed by atoms with van der Waals surface area (Å²) in [6, 6.07) is 0. The molecule has 0 rings (SSSR count). The minimum atomic E-state index is 0.926. The molecule has 0 aliphatic carbocycles. The lowest BCUT2D eigenvalue weighted by molar-refractivity contribution is 1.12. The van der Waals surface area contributed by atoms with E-state index in [0.29, 0.717) is 0 Å². The highest BCUT2D eigenvalue weighted by molar-refractivity contribution is 7.80. The van der Waals surface area contributed by atoms with Crippen LogP contribution >= 0.6 is 12.2 Å². The first kappa shape index (κ1) is 5.89. The van der Waals surface area contributed by atoms with Gasteiger partial charge in [0.2, 0.25) is 0 Å². The maximum atomic E-state index is 4.75. The molecule has 0 radical (unpaired) electrons. The molecular weight excluding hydrogens is 94.1 g/mol. The molecule has 0 saturated heterocycles. The van der Waals surface area contributed by atoms with Crippen LogP contribution in [0.25, 0.3) is 0 Å². The van der Waals surface area contributed by atoms with Crippen LogP contribution in [0.2, 0.25) is 0 Å². The lowest BCUT2D eigenvalue weighted by atomic mass is 10.5. The van der Waals surface area contributed by atoms with E-state index in [1.54, 1.807) is 0 Å². The molecule has 6 heavy (non-hydrogen) atoms. The molecule has 0 atom stereocenters. The van der Waals surface area contributed by atoms with Gasteiger partial charge in [0.25, 0.3) is 0 Å². The summed E-state index contributed by atoms with van der Waals surface area (Å²) in [5, 5.41) is 2.85. The molecule has 0 unspecified atom stereocenters. The van der Waals surface area contributed by atoms with Gasteiger partial charge in [-0.1, -0.05) is 19.1 Å². The Kier molecular flexibility index (Phi) is 3.04. The van der Waals surface area contributed by atoms with Gasteiger partial charge in [-0.25, -0.2) is 0 Å². The zero-order chi connectivity index (χ0) is 4.99. The van der Waals surface area contributed by atoms with Gasteiger partial charge in [0.05, 0.1) is 4.99 Å². The van der Waals surface area contributed by atoms with Crippen LogP contribution in [0.3, 0.4) is 0 Å². The van der Waals surface area contributed by atoms with Gasteiger partial charge in [-0.3, -0.25) is 0 Å². The van der Waals surface area contributed by atoms with Crippen molar-refractivity contribution in [2.24, 2.45) is 0 Å². The van der Waals surface area contributed by atoms with Gasteiger partial charge in [0.1, 0.15) is 0 Å². The highest BCUT2D eigenvalue weighted by Gasteiger charge is 1.78. The van der Waals surface area contributed by atoms with E-state index in [1.807, 2.05) is 14.0 Å². The first-order valence-corrected chi connectivity index (χ1v) is 2.42.